The molecule has 0 radical (unpaired) electrons. The summed E-state index contributed by atoms with van der Waals surface area (Å²) in [5.74, 6) is -0.0191. The Hall–Kier alpha value is -2.10. The highest BCUT2D eigenvalue weighted by atomic mass is 16.5. The van der Waals surface area contributed by atoms with Crippen LogP contribution in [0, 0.1) is 6.92 Å². The summed E-state index contributed by atoms with van der Waals surface area (Å²) in [6.45, 7) is 2.50. The predicted molar refractivity (Wildman–Crippen MR) is 58.9 cm³/mol. The molecule has 82 valence electrons. The zero-order chi connectivity index (χ0) is 11.4. The summed E-state index contributed by atoms with van der Waals surface area (Å²) in [7, 11) is 0. The Labute approximate surface area is 93.3 Å². The molecule has 1 heterocycles. The number of carbonyl (C=O) groups is 1. The summed E-state index contributed by atoms with van der Waals surface area (Å²) in [6.07, 6.45) is 1.45. The monoisotopic (exact) mass is 216 g/mol. The van der Waals surface area contributed by atoms with Crippen molar-refractivity contribution in [3.05, 3.63) is 53.4 Å². The second-order valence-electron chi connectivity index (χ2n) is 3.49. The van der Waals surface area contributed by atoms with E-state index in [9.17, 15) is 4.79 Å². The molecule has 0 saturated carbocycles. The Balaban J connectivity index is 1.98. The number of nitrogens with zero attached hydrogens (tertiary/aromatic N) is 1. The lowest BCUT2D eigenvalue weighted by atomic mass is 10.1. The fourth-order valence-electron chi connectivity index (χ4n) is 1.40. The molecule has 0 saturated heterocycles. The molecule has 4 heteroatoms. The lowest BCUT2D eigenvalue weighted by molar-refractivity contribution is 0.0914. The van der Waals surface area contributed by atoms with Gasteiger partial charge in [0.15, 0.2) is 0 Å². The largest absolute Gasteiger partial charge is 0.351 e. The van der Waals surface area contributed by atoms with Gasteiger partial charge in [-0.05, 0) is 18.1 Å². The van der Waals surface area contributed by atoms with Gasteiger partial charge >= 0.3 is 0 Å². The highest BCUT2D eigenvalue weighted by molar-refractivity contribution is 5.91. The zero-order valence-corrected chi connectivity index (χ0v) is 8.93. The van der Waals surface area contributed by atoms with Gasteiger partial charge in [-0.1, -0.05) is 29.4 Å². The van der Waals surface area contributed by atoms with Crippen LogP contribution in [0.1, 0.15) is 21.7 Å². The van der Waals surface area contributed by atoms with Gasteiger partial charge in [0.2, 0.25) is 5.76 Å². The number of aryl methyl sites for hydroxylation is 1. The van der Waals surface area contributed by atoms with Gasteiger partial charge in [0.1, 0.15) is 0 Å². The van der Waals surface area contributed by atoms with Crippen LogP contribution in [-0.2, 0) is 6.54 Å². The van der Waals surface area contributed by atoms with Crippen LogP contribution in [0.4, 0.5) is 0 Å². The molecule has 1 aromatic carbocycles. The van der Waals surface area contributed by atoms with Crippen LogP contribution in [-0.4, -0.2) is 11.1 Å². The van der Waals surface area contributed by atoms with Gasteiger partial charge in [-0.2, -0.15) is 0 Å². The van der Waals surface area contributed by atoms with Crippen molar-refractivity contribution in [2.24, 2.45) is 0 Å². The summed E-state index contributed by atoms with van der Waals surface area (Å²) in [5, 5.41) is 6.25. The number of amides is 1. The smallest absolute Gasteiger partial charge is 0.290 e. The van der Waals surface area contributed by atoms with Crippen LogP contribution in [0.5, 0.6) is 0 Å². The van der Waals surface area contributed by atoms with E-state index in [-0.39, 0.29) is 11.7 Å². The van der Waals surface area contributed by atoms with Crippen LogP contribution in [0.2, 0.25) is 0 Å². The number of nitrogens with one attached hydrogen (secondary N) is 1. The average Bonchev–Trinajstić information content (AvgIpc) is 2.81. The molecule has 2 aromatic rings. The molecule has 1 amide bonds. The summed E-state index contributed by atoms with van der Waals surface area (Å²) in [5.41, 5.74) is 2.25. The van der Waals surface area contributed by atoms with Crippen molar-refractivity contribution in [3.8, 4) is 0 Å². The molecule has 0 fully saturated rings. The van der Waals surface area contributed by atoms with Gasteiger partial charge in [0, 0.05) is 12.6 Å². The third-order valence-electron chi connectivity index (χ3n) is 2.36. The van der Waals surface area contributed by atoms with Crippen molar-refractivity contribution in [2.45, 2.75) is 13.5 Å². The zero-order valence-electron chi connectivity index (χ0n) is 8.93. The average molecular weight is 216 g/mol. The first kappa shape index (κ1) is 10.4. The van der Waals surface area contributed by atoms with Crippen molar-refractivity contribution in [1.29, 1.82) is 0 Å². The third-order valence-corrected chi connectivity index (χ3v) is 2.36. The first-order chi connectivity index (χ1) is 7.77. The minimum atomic E-state index is -0.249. The van der Waals surface area contributed by atoms with Gasteiger partial charge in [0.25, 0.3) is 5.91 Å². The van der Waals surface area contributed by atoms with E-state index in [4.69, 9.17) is 4.52 Å². The van der Waals surface area contributed by atoms with Crippen molar-refractivity contribution < 1.29 is 9.32 Å². The maximum atomic E-state index is 11.5. The van der Waals surface area contributed by atoms with Gasteiger partial charge < -0.3 is 9.84 Å². The van der Waals surface area contributed by atoms with E-state index in [2.05, 4.69) is 10.5 Å². The Bertz CT molecular complexity index is 478. The number of hydrogen-bond acceptors (Lipinski definition) is 3. The molecule has 0 bridgehead atoms. The molecule has 0 spiro atoms. The van der Waals surface area contributed by atoms with Crippen molar-refractivity contribution in [2.75, 3.05) is 0 Å². The Kier molecular flexibility index (Phi) is 3.00. The van der Waals surface area contributed by atoms with E-state index in [1.54, 1.807) is 0 Å². The van der Waals surface area contributed by atoms with Gasteiger partial charge in [0.05, 0.1) is 6.20 Å². The third kappa shape index (κ3) is 2.28. The molecule has 0 atom stereocenters. The molecule has 2 rings (SSSR count). The van der Waals surface area contributed by atoms with Gasteiger partial charge in [-0.25, -0.2) is 0 Å². The minimum Gasteiger partial charge on any atom is -0.351 e. The molecule has 1 aromatic heterocycles. The lowest BCUT2D eigenvalue weighted by Gasteiger charge is -2.05. The van der Waals surface area contributed by atoms with Crippen molar-refractivity contribution >= 4 is 5.91 Å². The molecule has 1 N–H and O–H groups in total. The number of hydrogen-bond donors (Lipinski definition) is 1. The Morgan fingerprint density at radius 3 is 2.88 bits per heavy atom. The summed E-state index contributed by atoms with van der Waals surface area (Å²) < 4.78 is 4.75. The first-order valence-electron chi connectivity index (χ1n) is 5.01. The first-order valence-corrected chi connectivity index (χ1v) is 5.01. The Morgan fingerprint density at radius 1 is 1.38 bits per heavy atom. The maximum absolute atomic E-state index is 11.5. The Morgan fingerprint density at radius 2 is 2.19 bits per heavy atom. The maximum Gasteiger partial charge on any atom is 0.290 e. The summed E-state index contributed by atoms with van der Waals surface area (Å²) >= 11 is 0. The number of benzene rings is 1. The number of aromatic nitrogens is 1. The molecule has 4 nitrogen and oxygen atoms in total. The number of carbonyl (C=O) groups excluding carboxylic acids is 1. The van der Waals surface area contributed by atoms with E-state index in [0.29, 0.717) is 6.54 Å². The van der Waals surface area contributed by atoms with Crippen molar-refractivity contribution in [3.63, 3.8) is 0 Å². The standard InChI is InChI=1S/C12H12N2O2/c1-9-4-2-3-5-10(9)8-13-12(15)11-6-7-14-16-11/h2-7H,8H2,1H3,(H,13,15). The van der Waals surface area contributed by atoms with Crippen LogP contribution in [0.3, 0.4) is 0 Å². The van der Waals surface area contributed by atoms with E-state index >= 15 is 0 Å². The molecule has 0 aliphatic heterocycles. The van der Waals surface area contributed by atoms with E-state index < -0.39 is 0 Å². The predicted octanol–water partition coefficient (Wildman–Crippen LogP) is 1.91. The number of rotatable bonds is 3. The SMILES string of the molecule is Cc1ccccc1CNC(=O)c1ccno1. The second kappa shape index (κ2) is 4.61. The van der Waals surface area contributed by atoms with E-state index in [0.717, 1.165) is 11.1 Å². The highest BCUT2D eigenvalue weighted by Gasteiger charge is 2.08. The fourth-order valence-corrected chi connectivity index (χ4v) is 1.40. The van der Waals surface area contributed by atoms with E-state index in [1.165, 1.54) is 12.3 Å². The quantitative estimate of drug-likeness (QED) is 0.852. The molecular formula is C12H12N2O2. The molecule has 0 aliphatic rings. The van der Waals surface area contributed by atoms with Crippen LogP contribution >= 0.6 is 0 Å². The van der Waals surface area contributed by atoms with Crippen LogP contribution in [0.25, 0.3) is 0 Å². The van der Waals surface area contributed by atoms with Crippen LogP contribution in [0.15, 0.2) is 41.1 Å². The molecule has 16 heavy (non-hydrogen) atoms. The summed E-state index contributed by atoms with van der Waals surface area (Å²) in [6, 6.07) is 9.44. The molecule has 0 aliphatic carbocycles. The molecular weight excluding hydrogens is 204 g/mol. The van der Waals surface area contributed by atoms with E-state index in [1.807, 2.05) is 31.2 Å². The second-order valence-corrected chi connectivity index (χ2v) is 3.49. The minimum absolute atomic E-state index is 0.230. The summed E-state index contributed by atoms with van der Waals surface area (Å²) in [4.78, 5) is 11.5. The van der Waals surface area contributed by atoms with Crippen LogP contribution < -0.4 is 5.32 Å². The topological polar surface area (TPSA) is 55.1 Å². The highest BCUT2D eigenvalue weighted by Crippen LogP contribution is 2.06. The van der Waals surface area contributed by atoms with Crippen molar-refractivity contribution in [1.82, 2.24) is 10.5 Å². The fraction of sp³-hybridized carbons (Fsp3) is 0.167. The normalized spacial score (nSPS) is 10.1. The van der Waals surface area contributed by atoms with Gasteiger partial charge in [-0.3, -0.25) is 4.79 Å². The lowest BCUT2D eigenvalue weighted by Crippen LogP contribution is -2.22. The van der Waals surface area contributed by atoms with Gasteiger partial charge in [-0.15, -0.1) is 0 Å². The molecule has 0 unspecified atom stereocenters.